The molecular weight excluding hydrogens is 460 g/mol. The van der Waals surface area contributed by atoms with E-state index in [1.807, 2.05) is 0 Å². The number of carboxylic acids is 2. The summed E-state index contributed by atoms with van der Waals surface area (Å²) in [5.41, 5.74) is 0.219. The Morgan fingerprint density at radius 2 is 1.94 bits per heavy atom. The topological polar surface area (TPSA) is 150 Å². The molecule has 1 aromatic carbocycles. The van der Waals surface area contributed by atoms with Crippen molar-refractivity contribution in [1.82, 2.24) is 10.2 Å². The number of thioether (sulfide) groups is 2. The van der Waals surface area contributed by atoms with E-state index in [0.29, 0.717) is 0 Å². The molecule has 10 nitrogen and oxygen atoms in total. The van der Waals surface area contributed by atoms with Gasteiger partial charge in [-0.3, -0.25) is 24.1 Å². The van der Waals surface area contributed by atoms with Gasteiger partial charge in [0.1, 0.15) is 17.7 Å². The number of nitrogens with zero attached hydrogens (tertiary/aromatic N) is 1. The Morgan fingerprint density at radius 3 is 2.47 bits per heavy atom. The van der Waals surface area contributed by atoms with Crippen molar-refractivity contribution in [1.29, 1.82) is 0 Å². The van der Waals surface area contributed by atoms with Crippen molar-refractivity contribution in [2.24, 2.45) is 0 Å². The quantitative estimate of drug-likeness (QED) is 0.211. The molecule has 0 aliphatic carbocycles. The number of esters is 1. The van der Waals surface area contributed by atoms with Crippen LogP contribution in [0.5, 0.6) is 0 Å². The predicted octanol–water partition coefficient (Wildman–Crippen LogP) is 0.847. The summed E-state index contributed by atoms with van der Waals surface area (Å²) >= 11 is 2.20. The minimum Gasteiger partial charge on any atom is -0.480 e. The molecule has 0 radical (unpaired) electrons. The molecular formula is C20H20N2O8S2. The highest BCUT2D eigenvalue weighted by Gasteiger charge is 2.65. The second-order valence-electron chi connectivity index (χ2n) is 6.99. The maximum Gasteiger partial charge on any atom is 0.352 e. The average Bonchev–Trinajstić information content (AvgIpc) is 2.75. The molecule has 3 rings (SSSR count). The van der Waals surface area contributed by atoms with E-state index in [0.717, 1.165) is 16.7 Å². The maximum absolute atomic E-state index is 13.1. The number of carbonyl (C=O) groups is 5. The van der Waals surface area contributed by atoms with E-state index in [1.165, 1.54) is 30.8 Å². The van der Waals surface area contributed by atoms with E-state index < -0.39 is 45.9 Å². The number of benzene rings is 1. The fraction of sp³-hybridized carbons (Fsp3) is 0.350. The Hall–Kier alpha value is -2.99. The summed E-state index contributed by atoms with van der Waals surface area (Å²) in [6, 6.07) is 7.89. The highest BCUT2D eigenvalue weighted by molar-refractivity contribution is 8.05. The van der Waals surface area contributed by atoms with E-state index >= 15 is 0 Å². The molecule has 32 heavy (non-hydrogen) atoms. The summed E-state index contributed by atoms with van der Waals surface area (Å²) in [6.07, 6.45) is 1.58. The van der Waals surface area contributed by atoms with Gasteiger partial charge < -0.3 is 20.3 Å². The summed E-state index contributed by atoms with van der Waals surface area (Å²) in [4.78, 5) is 60.4. The van der Waals surface area contributed by atoms with Gasteiger partial charge in [0.15, 0.2) is 10.8 Å². The van der Waals surface area contributed by atoms with Crippen LogP contribution in [-0.2, 0) is 28.7 Å². The first kappa shape index (κ1) is 23.7. The summed E-state index contributed by atoms with van der Waals surface area (Å²) in [5, 5.41) is 21.1. The monoisotopic (exact) mass is 480 g/mol. The van der Waals surface area contributed by atoms with Crippen LogP contribution < -0.4 is 5.32 Å². The van der Waals surface area contributed by atoms with Crippen LogP contribution >= 0.6 is 23.5 Å². The molecule has 2 aliphatic heterocycles. The van der Waals surface area contributed by atoms with Crippen molar-refractivity contribution in [3.63, 3.8) is 0 Å². The molecule has 0 spiro atoms. The number of carbonyl (C=O) groups excluding carboxylic acids is 3. The minimum atomic E-state index is -1.54. The van der Waals surface area contributed by atoms with Gasteiger partial charge in [0.05, 0.1) is 0 Å². The molecule has 1 aromatic rings. The number of hydrogen-bond acceptors (Lipinski definition) is 8. The number of β-lactam (4-membered cyclic amide) rings is 1. The summed E-state index contributed by atoms with van der Waals surface area (Å²) < 4.78 is 4.90. The third-order valence-electron chi connectivity index (χ3n) is 5.04. The van der Waals surface area contributed by atoms with E-state index in [-0.39, 0.29) is 29.2 Å². The first-order valence-electron chi connectivity index (χ1n) is 9.33. The second-order valence-corrected chi connectivity index (χ2v) is 9.11. The molecule has 2 aliphatic rings. The van der Waals surface area contributed by atoms with Crippen molar-refractivity contribution < 1.29 is 38.9 Å². The molecule has 1 fully saturated rings. The molecule has 1 saturated heterocycles. The number of carboxylic acid groups (broad SMARTS) is 2. The standard InChI is InChI=1S/C20H20N2O8S2/c1-10(23)30-8-12-9-32-19-20(31-2,18(29)22(19)14(12)17(27)28)21-15(24)13(16(25)26)11-6-4-3-5-7-11/h3-7,13,19H,8-9H2,1-2H3,(H,21,24)(H,25,26)(H,27,28)/t13?,19-,20?/m0/s1. The zero-order valence-electron chi connectivity index (χ0n) is 17.1. The van der Waals surface area contributed by atoms with Gasteiger partial charge in [0.25, 0.3) is 5.91 Å². The van der Waals surface area contributed by atoms with Crippen molar-refractivity contribution in [2.75, 3.05) is 18.6 Å². The van der Waals surface area contributed by atoms with Gasteiger partial charge in [-0.15, -0.1) is 23.5 Å². The number of hydrogen-bond donors (Lipinski definition) is 3. The Balaban J connectivity index is 1.89. The fourth-order valence-corrected chi connectivity index (χ4v) is 6.15. The van der Waals surface area contributed by atoms with Gasteiger partial charge in [0.2, 0.25) is 5.91 Å². The Bertz CT molecular complexity index is 1010. The highest BCUT2D eigenvalue weighted by atomic mass is 32.2. The van der Waals surface area contributed by atoms with Crippen LogP contribution in [0.1, 0.15) is 18.4 Å². The first-order valence-corrected chi connectivity index (χ1v) is 11.6. The van der Waals surface area contributed by atoms with Crippen molar-refractivity contribution in [3.05, 3.63) is 47.2 Å². The van der Waals surface area contributed by atoms with Crippen LogP contribution in [0.15, 0.2) is 41.6 Å². The number of rotatable bonds is 8. The smallest absolute Gasteiger partial charge is 0.352 e. The normalized spacial score (nSPS) is 23.0. The van der Waals surface area contributed by atoms with Crippen molar-refractivity contribution >= 4 is 53.2 Å². The van der Waals surface area contributed by atoms with Crippen LogP contribution in [0.4, 0.5) is 0 Å². The lowest BCUT2D eigenvalue weighted by molar-refractivity contribution is -0.154. The Labute approximate surface area is 191 Å². The molecule has 3 atom stereocenters. The van der Waals surface area contributed by atoms with E-state index in [1.54, 1.807) is 24.5 Å². The van der Waals surface area contributed by atoms with Gasteiger partial charge in [-0.2, -0.15) is 0 Å². The molecule has 2 amide bonds. The number of aliphatic carboxylic acids is 2. The van der Waals surface area contributed by atoms with Crippen LogP contribution in [0.2, 0.25) is 0 Å². The third kappa shape index (κ3) is 4.07. The first-order chi connectivity index (χ1) is 15.1. The Kier molecular flexibility index (Phi) is 6.84. The van der Waals surface area contributed by atoms with Gasteiger partial charge in [-0.1, -0.05) is 30.3 Å². The Morgan fingerprint density at radius 1 is 1.28 bits per heavy atom. The number of fused-ring (bicyclic) bond motifs is 1. The molecule has 170 valence electrons. The van der Waals surface area contributed by atoms with Gasteiger partial charge in [0, 0.05) is 18.2 Å². The molecule has 2 heterocycles. The fourth-order valence-electron chi connectivity index (χ4n) is 3.55. The van der Waals surface area contributed by atoms with Gasteiger partial charge in [-0.25, -0.2) is 4.79 Å². The summed E-state index contributed by atoms with van der Waals surface area (Å²) in [5.74, 6) is -6.27. The lowest BCUT2D eigenvalue weighted by Gasteiger charge is -2.56. The average molecular weight is 481 g/mol. The molecule has 0 saturated carbocycles. The van der Waals surface area contributed by atoms with Crippen LogP contribution in [0.25, 0.3) is 0 Å². The highest BCUT2D eigenvalue weighted by Crippen LogP contribution is 2.50. The predicted molar refractivity (Wildman–Crippen MR) is 116 cm³/mol. The number of nitrogens with one attached hydrogen (secondary N) is 1. The van der Waals surface area contributed by atoms with Gasteiger partial charge in [-0.05, 0) is 11.8 Å². The van der Waals surface area contributed by atoms with Crippen LogP contribution in [0.3, 0.4) is 0 Å². The second kappa shape index (κ2) is 9.25. The molecule has 12 heteroatoms. The minimum absolute atomic E-state index is 0.155. The number of ether oxygens (including phenoxy) is 1. The molecule has 0 aromatic heterocycles. The van der Waals surface area contributed by atoms with E-state index in [9.17, 15) is 34.2 Å². The van der Waals surface area contributed by atoms with E-state index in [2.05, 4.69) is 5.32 Å². The molecule has 3 N–H and O–H groups in total. The van der Waals surface area contributed by atoms with Gasteiger partial charge >= 0.3 is 17.9 Å². The lowest BCUT2D eigenvalue weighted by Crippen LogP contribution is -2.78. The van der Waals surface area contributed by atoms with Crippen molar-refractivity contribution in [3.8, 4) is 0 Å². The van der Waals surface area contributed by atoms with Crippen molar-refractivity contribution in [2.45, 2.75) is 23.1 Å². The lowest BCUT2D eigenvalue weighted by atomic mass is 9.96. The SMILES string of the molecule is CSC1(NC(=O)C(C(=O)O)c2ccccc2)C(=O)N2C(C(=O)O)=C(COC(C)=O)CS[C@H]21. The molecule has 2 unspecified atom stereocenters. The van der Waals surface area contributed by atoms with E-state index in [4.69, 9.17) is 4.74 Å². The zero-order chi connectivity index (χ0) is 23.6. The zero-order valence-corrected chi connectivity index (χ0v) is 18.7. The summed E-state index contributed by atoms with van der Waals surface area (Å²) in [7, 11) is 0. The third-order valence-corrected chi connectivity index (χ3v) is 7.72. The largest absolute Gasteiger partial charge is 0.480 e. The summed E-state index contributed by atoms with van der Waals surface area (Å²) in [6.45, 7) is 0.919. The van der Waals surface area contributed by atoms with Crippen LogP contribution in [0, 0.1) is 0 Å². The maximum atomic E-state index is 13.1. The van der Waals surface area contributed by atoms with Crippen LogP contribution in [-0.4, -0.2) is 73.7 Å². The number of amides is 2. The molecule has 0 bridgehead atoms.